The lowest BCUT2D eigenvalue weighted by molar-refractivity contribution is 0.0983. The summed E-state index contributed by atoms with van der Waals surface area (Å²) in [7, 11) is -0.761. The molecule has 0 unspecified atom stereocenters. The number of aromatic nitrogens is 1. The van der Waals surface area contributed by atoms with Gasteiger partial charge in [-0.1, -0.05) is 25.2 Å². The third-order valence-electron chi connectivity index (χ3n) is 6.71. The molecule has 4 rings (SSSR count). The second-order valence-electron chi connectivity index (χ2n) is 9.07. The van der Waals surface area contributed by atoms with E-state index in [1.54, 1.807) is 17.0 Å². The third-order valence-corrected chi connectivity index (χ3v) is 9.66. The first-order chi connectivity index (χ1) is 19.3. The summed E-state index contributed by atoms with van der Waals surface area (Å²) >= 11 is 1.40. The van der Waals surface area contributed by atoms with Crippen molar-refractivity contribution in [2.24, 2.45) is 0 Å². The van der Waals surface area contributed by atoms with Crippen LogP contribution in [-0.4, -0.2) is 102 Å². The average Bonchev–Trinajstić information content (AvgIpc) is 3.59. The van der Waals surface area contributed by atoms with E-state index in [1.807, 2.05) is 12.1 Å². The molecule has 1 amide bonds. The van der Waals surface area contributed by atoms with E-state index in [4.69, 9.17) is 23.9 Å². The second-order valence-corrected chi connectivity index (χ2v) is 12.0. The summed E-state index contributed by atoms with van der Waals surface area (Å²) in [4.78, 5) is 22.6. The van der Waals surface area contributed by atoms with E-state index in [9.17, 15) is 13.2 Å². The molecule has 226 valence electrons. The predicted octanol–water partition coefficient (Wildman–Crippen LogP) is 3.72. The van der Waals surface area contributed by atoms with Crippen LogP contribution in [0.15, 0.2) is 41.3 Å². The Morgan fingerprint density at radius 3 is 2.15 bits per heavy atom. The van der Waals surface area contributed by atoms with E-state index >= 15 is 0 Å². The van der Waals surface area contributed by atoms with Gasteiger partial charge in [0.15, 0.2) is 16.6 Å². The summed E-state index contributed by atoms with van der Waals surface area (Å²) in [6, 6.07) is 9.74. The molecule has 0 saturated carbocycles. The van der Waals surface area contributed by atoms with Crippen molar-refractivity contribution in [3.63, 3.8) is 0 Å². The van der Waals surface area contributed by atoms with Crippen molar-refractivity contribution < 1.29 is 32.2 Å². The van der Waals surface area contributed by atoms with E-state index in [0.717, 1.165) is 23.3 Å². The minimum Gasteiger partial charge on any atom is -0.454 e. The highest BCUT2D eigenvalue weighted by Crippen LogP contribution is 2.40. The van der Waals surface area contributed by atoms with Gasteiger partial charge >= 0.3 is 0 Å². The Morgan fingerprint density at radius 2 is 1.56 bits per heavy atom. The SMILES string of the molecule is CCN(CC)CCN(C(=O)c1ccc(S(=O)(=O)N(CCOC)CCOC)cc1)c1nc2cc3c(cc2s1)OCO3.Cl. The van der Waals surface area contributed by atoms with E-state index < -0.39 is 10.0 Å². The predicted molar refractivity (Wildman–Crippen MR) is 161 cm³/mol. The van der Waals surface area contributed by atoms with Gasteiger partial charge in [0.2, 0.25) is 16.8 Å². The van der Waals surface area contributed by atoms with Gasteiger partial charge in [0.25, 0.3) is 5.91 Å². The molecule has 2 aromatic carbocycles. The minimum absolute atomic E-state index is 0. The van der Waals surface area contributed by atoms with Crippen molar-refractivity contribution in [3.05, 3.63) is 42.0 Å². The maximum atomic E-state index is 13.8. The first-order valence-electron chi connectivity index (χ1n) is 13.1. The molecular weight excluding hydrogens is 592 g/mol. The number of rotatable bonds is 15. The monoisotopic (exact) mass is 628 g/mol. The fourth-order valence-corrected chi connectivity index (χ4v) is 6.71. The summed E-state index contributed by atoms with van der Waals surface area (Å²) in [6.07, 6.45) is 0. The standard InChI is InChI=1S/C27H36N4O7S2.ClH/c1-5-29(6-2)11-12-31(27-28-22-17-23-24(38-19-37-23)18-25(22)39-27)26(32)20-7-9-21(10-8-20)40(33,34)30(13-15-35-3)14-16-36-4;/h7-10,17-18H,5-6,11-16,19H2,1-4H3;1H. The highest BCUT2D eigenvalue weighted by molar-refractivity contribution is 7.89. The van der Waals surface area contributed by atoms with E-state index in [1.165, 1.54) is 42.0 Å². The number of halogens is 1. The van der Waals surface area contributed by atoms with E-state index in [-0.39, 0.29) is 56.3 Å². The van der Waals surface area contributed by atoms with Crippen LogP contribution in [0, 0.1) is 0 Å². The van der Waals surface area contributed by atoms with Crippen LogP contribution in [0.25, 0.3) is 10.2 Å². The molecule has 0 aliphatic carbocycles. The third kappa shape index (κ3) is 7.66. The summed E-state index contributed by atoms with van der Waals surface area (Å²) in [5.74, 6) is 1.03. The molecule has 1 aromatic heterocycles. The van der Waals surface area contributed by atoms with Crippen LogP contribution in [0.4, 0.5) is 5.13 Å². The number of thiazole rings is 1. The Kier molecular flexibility index (Phi) is 12.1. The molecule has 0 spiro atoms. The van der Waals surface area contributed by atoms with Crippen molar-refractivity contribution in [2.75, 3.05) is 78.4 Å². The molecule has 41 heavy (non-hydrogen) atoms. The van der Waals surface area contributed by atoms with Crippen LogP contribution in [-0.2, 0) is 19.5 Å². The van der Waals surface area contributed by atoms with Crippen LogP contribution < -0.4 is 14.4 Å². The molecule has 1 aliphatic rings. The topological polar surface area (TPSA) is 111 Å². The van der Waals surface area contributed by atoms with Gasteiger partial charge < -0.3 is 23.8 Å². The Morgan fingerprint density at radius 1 is 0.951 bits per heavy atom. The quantitative estimate of drug-likeness (QED) is 0.249. The highest BCUT2D eigenvalue weighted by atomic mass is 35.5. The summed E-state index contributed by atoms with van der Waals surface area (Å²) in [6.45, 7) is 8.03. The second kappa shape index (κ2) is 15.1. The highest BCUT2D eigenvalue weighted by Gasteiger charge is 2.27. The Hall–Kier alpha value is -2.52. The number of hydrogen-bond donors (Lipinski definition) is 0. The van der Waals surface area contributed by atoms with E-state index in [2.05, 4.69) is 18.7 Å². The van der Waals surface area contributed by atoms with Crippen LogP contribution >= 0.6 is 23.7 Å². The van der Waals surface area contributed by atoms with Gasteiger partial charge in [-0.25, -0.2) is 13.4 Å². The van der Waals surface area contributed by atoms with Gasteiger partial charge in [0, 0.05) is 58.1 Å². The zero-order chi connectivity index (χ0) is 28.7. The fraction of sp³-hybridized carbons (Fsp3) is 0.481. The molecule has 11 nitrogen and oxygen atoms in total. The summed E-state index contributed by atoms with van der Waals surface area (Å²) < 4.78 is 49.9. The largest absolute Gasteiger partial charge is 0.454 e. The number of carbonyl (C=O) groups is 1. The molecule has 0 bridgehead atoms. The van der Waals surface area contributed by atoms with Crippen LogP contribution in [0.2, 0.25) is 0 Å². The van der Waals surface area contributed by atoms with Gasteiger partial charge in [-0.15, -0.1) is 12.4 Å². The summed E-state index contributed by atoms with van der Waals surface area (Å²) in [5.41, 5.74) is 1.09. The van der Waals surface area contributed by atoms with Crippen molar-refractivity contribution >= 4 is 55.0 Å². The number of sulfonamides is 1. The maximum Gasteiger partial charge on any atom is 0.260 e. The smallest absolute Gasteiger partial charge is 0.260 e. The maximum absolute atomic E-state index is 13.8. The van der Waals surface area contributed by atoms with Crippen molar-refractivity contribution in [2.45, 2.75) is 18.7 Å². The van der Waals surface area contributed by atoms with E-state index in [0.29, 0.717) is 35.3 Å². The zero-order valence-electron chi connectivity index (χ0n) is 23.7. The Bertz CT molecular complexity index is 1350. The van der Waals surface area contributed by atoms with Crippen molar-refractivity contribution in [1.82, 2.24) is 14.2 Å². The van der Waals surface area contributed by atoms with Crippen LogP contribution in [0.5, 0.6) is 11.5 Å². The Balaban J connectivity index is 0.00000462. The van der Waals surface area contributed by atoms with Crippen LogP contribution in [0.1, 0.15) is 24.2 Å². The lowest BCUT2D eigenvalue weighted by Crippen LogP contribution is -2.39. The van der Waals surface area contributed by atoms with Gasteiger partial charge in [0.1, 0.15) is 0 Å². The lowest BCUT2D eigenvalue weighted by atomic mass is 10.2. The molecule has 0 fully saturated rings. The number of benzene rings is 2. The number of carbonyl (C=O) groups excluding carboxylic acids is 1. The number of amides is 1. The number of fused-ring (bicyclic) bond motifs is 2. The molecule has 2 heterocycles. The van der Waals surface area contributed by atoms with Gasteiger partial charge in [-0.3, -0.25) is 9.69 Å². The number of anilines is 1. The number of ether oxygens (including phenoxy) is 4. The molecule has 3 aromatic rings. The normalized spacial score (nSPS) is 12.7. The molecule has 0 N–H and O–H groups in total. The van der Waals surface area contributed by atoms with Gasteiger partial charge in [-0.2, -0.15) is 4.31 Å². The van der Waals surface area contributed by atoms with Crippen molar-refractivity contribution in [3.8, 4) is 11.5 Å². The number of likely N-dealkylation sites (N-methyl/N-ethyl adjacent to an activating group) is 1. The number of methoxy groups -OCH3 is 2. The zero-order valence-corrected chi connectivity index (χ0v) is 26.1. The van der Waals surface area contributed by atoms with Gasteiger partial charge in [-0.05, 0) is 37.4 Å². The summed E-state index contributed by atoms with van der Waals surface area (Å²) in [5, 5.41) is 0.554. The molecular formula is C27H37ClN4O7S2. The molecule has 1 aliphatic heterocycles. The number of nitrogens with zero attached hydrogens (tertiary/aromatic N) is 4. The Labute approximate surface area is 251 Å². The molecule has 0 radical (unpaired) electrons. The average molecular weight is 629 g/mol. The first kappa shape index (κ1) is 33.0. The molecule has 14 heteroatoms. The van der Waals surface area contributed by atoms with Crippen LogP contribution in [0.3, 0.4) is 0 Å². The lowest BCUT2D eigenvalue weighted by Gasteiger charge is -2.25. The number of hydrogen-bond acceptors (Lipinski definition) is 10. The minimum atomic E-state index is -3.80. The molecule has 0 saturated heterocycles. The van der Waals surface area contributed by atoms with Gasteiger partial charge in [0.05, 0.1) is 28.3 Å². The fourth-order valence-electron chi connectivity index (χ4n) is 4.30. The molecule has 0 atom stereocenters. The first-order valence-corrected chi connectivity index (χ1v) is 15.4. The van der Waals surface area contributed by atoms with Crippen molar-refractivity contribution in [1.29, 1.82) is 0 Å².